The molecule has 138 valence electrons. The van der Waals surface area contributed by atoms with Crippen LogP contribution in [0.25, 0.3) is 11.1 Å². The van der Waals surface area contributed by atoms with Gasteiger partial charge in [0.1, 0.15) is 0 Å². The molecule has 0 fully saturated rings. The maximum atomic E-state index is 13.1. The van der Waals surface area contributed by atoms with Crippen molar-refractivity contribution in [3.05, 3.63) is 95.6 Å². The fraction of sp³-hybridized carbons (Fsp3) is 0.217. The number of sulfonamides is 1. The van der Waals surface area contributed by atoms with Crippen molar-refractivity contribution in [2.75, 3.05) is 19.3 Å². The zero-order valence-corrected chi connectivity index (χ0v) is 16.2. The fourth-order valence-electron chi connectivity index (χ4n) is 3.85. The molecule has 0 unspecified atom stereocenters. The molecule has 0 N–H and O–H groups in total. The van der Waals surface area contributed by atoms with Crippen molar-refractivity contribution < 1.29 is 8.42 Å². The second-order valence-electron chi connectivity index (χ2n) is 7.06. The minimum atomic E-state index is -3.37. The van der Waals surface area contributed by atoms with Crippen molar-refractivity contribution in [3.63, 3.8) is 0 Å². The topological polar surface area (TPSA) is 37.4 Å². The summed E-state index contributed by atoms with van der Waals surface area (Å²) >= 11 is 0. The van der Waals surface area contributed by atoms with E-state index in [0.717, 1.165) is 27.8 Å². The lowest BCUT2D eigenvalue weighted by Crippen LogP contribution is -2.33. The molecule has 1 aliphatic rings. The molecule has 0 bridgehead atoms. The lowest BCUT2D eigenvalue weighted by Gasteiger charge is -2.21. The number of fused-ring (bicyclic) bond motifs is 3. The summed E-state index contributed by atoms with van der Waals surface area (Å²) in [5.41, 5.74) is 5.68. The summed E-state index contributed by atoms with van der Waals surface area (Å²) in [5.74, 6) is -0.00616. The van der Waals surface area contributed by atoms with Crippen LogP contribution in [0, 0.1) is 0 Å². The van der Waals surface area contributed by atoms with E-state index in [-0.39, 0.29) is 11.7 Å². The number of rotatable bonds is 6. The van der Waals surface area contributed by atoms with E-state index in [0.29, 0.717) is 13.0 Å². The smallest absolute Gasteiger partial charge is 0.212 e. The molecule has 3 aromatic rings. The first-order valence-electron chi connectivity index (χ1n) is 9.22. The van der Waals surface area contributed by atoms with E-state index in [2.05, 4.69) is 24.3 Å². The van der Waals surface area contributed by atoms with E-state index in [4.69, 9.17) is 0 Å². The third-order valence-corrected chi connectivity index (χ3v) is 7.26. The lowest BCUT2D eigenvalue weighted by molar-refractivity contribution is 0.470. The first kappa shape index (κ1) is 18.0. The summed E-state index contributed by atoms with van der Waals surface area (Å²) in [6.45, 7) is 0.488. The van der Waals surface area contributed by atoms with E-state index in [1.165, 1.54) is 4.31 Å². The van der Waals surface area contributed by atoms with Crippen molar-refractivity contribution in [3.8, 4) is 11.1 Å². The van der Waals surface area contributed by atoms with E-state index in [1.807, 2.05) is 54.6 Å². The first-order valence-corrected chi connectivity index (χ1v) is 10.8. The maximum Gasteiger partial charge on any atom is 0.214 e. The van der Waals surface area contributed by atoms with Gasteiger partial charge < -0.3 is 0 Å². The van der Waals surface area contributed by atoms with Gasteiger partial charge in [0, 0.05) is 19.5 Å². The monoisotopic (exact) mass is 377 g/mol. The minimum Gasteiger partial charge on any atom is -0.212 e. The molecule has 1 aliphatic carbocycles. The van der Waals surface area contributed by atoms with Crippen LogP contribution in [-0.2, 0) is 16.4 Å². The molecule has 0 atom stereocenters. The van der Waals surface area contributed by atoms with Gasteiger partial charge in [-0.05, 0) is 34.2 Å². The largest absolute Gasteiger partial charge is 0.214 e. The molecule has 0 radical (unpaired) electrons. The minimum absolute atomic E-state index is 0.103. The third-order valence-electron chi connectivity index (χ3n) is 5.37. The highest BCUT2D eigenvalue weighted by molar-refractivity contribution is 7.89. The van der Waals surface area contributed by atoms with Gasteiger partial charge in [0.25, 0.3) is 0 Å². The van der Waals surface area contributed by atoms with E-state index in [9.17, 15) is 8.42 Å². The Morgan fingerprint density at radius 3 is 1.89 bits per heavy atom. The standard InChI is InChI=1S/C23H23NO2S/c1-24(16-15-18-9-3-2-4-10-18)27(25,26)17-23-21-13-7-5-11-19(21)20-12-6-8-14-22(20)23/h2-14,23H,15-17H2,1H3. The van der Waals surface area contributed by atoms with Gasteiger partial charge in [0.2, 0.25) is 10.0 Å². The molecule has 0 aromatic heterocycles. The van der Waals surface area contributed by atoms with Crippen LogP contribution in [0.5, 0.6) is 0 Å². The van der Waals surface area contributed by atoms with Gasteiger partial charge in [0.15, 0.2) is 0 Å². The lowest BCUT2D eigenvalue weighted by atomic mass is 9.99. The van der Waals surface area contributed by atoms with Gasteiger partial charge in [0.05, 0.1) is 5.75 Å². The zero-order chi connectivity index (χ0) is 18.9. The van der Waals surface area contributed by atoms with E-state index >= 15 is 0 Å². The van der Waals surface area contributed by atoms with Gasteiger partial charge in [-0.2, -0.15) is 0 Å². The second-order valence-corrected chi connectivity index (χ2v) is 9.18. The van der Waals surface area contributed by atoms with Gasteiger partial charge in [-0.25, -0.2) is 12.7 Å². The molecular formula is C23H23NO2S. The molecule has 0 saturated carbocycles. The quantitative estimate of drug-likeness (QED) is 0.642. The Morgan fingerprint density at radius 2 is 1.30 bits per heavy atom. The summed E-state index contributed by atoms with van der Waals surface area (Å²) in [7, 11) is -1.68. The molecule has 0 spiro atoms. The molecular weight excluding hydrogens is 354 g/mol. The number of nitrogens with zero attached hydrogens (tertiary/aromatic N) is 1. The summed E-state index contributed by atoms with van der Waals surface area (Å²) in [5, 5.41) is 0. The van der Waals surface area contributed by atoms with Gasteiger partial charge in [-0.1, -0.05) is 78.9 Å². The van der Waals surface area contributed by atoms with E-state index in [1.54, 1.807) is 7.05 Å². The Kier molecular flexibility index (Phi) is 4.85. The zero-order valence-electron chi connectivity index (χ0n) is 15.4. The Labute approximate surface area is 161 Å². The van der Waals surface area contributed by atoms with Crippen molar-refractivity contribution in [2.45, 2.75) is 12.3 Å². The van der Waals surface area contributed by atoms with Gasteiger partial charge in [-0.15, -0.1) is 0 Å². The molecule has 3 nitrogen and oxygen atoms in total. The average molecular weight is 378 g/mol. The fourth-order valence-corrected chi connectivity index (χ4v) is 5.25. The summed E-state index contributed by atoms with van der Waals surface area (Å²) in [6, 6.07) is 26.3. The molecule has 3 aromatic carbocycles. The number of likely N-dealkylation sites (N-methyl/N-ethyl adjacent to an activating group) is 1. The molecule has 27 heavy (non-hydrogen) atoms. The molecule has 4 rings (SSSR count). The Hall–Kier alpha value is -2.43. The summed E-state index contributed by atoms with van der Waals surface area (Å²) in [6.07, 6.45) is 0.717. The van der Waals surface area contributed by atoms with Gasteiger partial charge >= 0.3 is 0 Å². The maximum absolute atomic E-state index is 13.1. The van der Waals surface area contributed by atoms with Crippen LogP contribution in [-0.4, -0.2) is 32.1 Å². The summed E-state index contributed by atoms with van der Waals surface area (Å²) < 4.78 is 27.6. The number of hydrogen-bond acceptors (Lipinski definition) is 2. The number of hydrogen-bond donors (Lipinski definition) is 0. The highest BCUT2D eigenvalue weighted by atomic mass is 32.2. The Balaban J connectivity index is 1.56. The van der Waals surface area contributed by atoms with Crippen LogP contribution < -0.4 is 0 Å². The van der Waals surface area contributed by atoms with Crippen molar-refractivity contribution in [1.82, 2.24) is 4.31 Å². The van der Waals surface area contributed by atoms with Crippen LogP contribution in [0.2, 0.25) is 0 Å². The second kappa shape index (κ2) is 7.29. The van der Waals surface area contributed by atoms with Gasteiger partial charge in [-0.3, -0.25) is 0 Å². The predicted octanol–water partition coefficient (Wildman–Crippen LogP) is 4.30. The average Bonchev–Trinajstić information content (AvgIpc) is 3.01. The molecule has 0 aliphatic heterocycles. The van der Waals surface area contributed by atoms with Crippen molar-refractivity contribution >= 4 is 10.0 Å². The highest BCUT2D eigenvalue weighted by Crippen LogP contribution is 2.45. The summed E-state index contributed by atoms with van der Waals surface area (Å²) in [4.78, 5) is 0. The van der Waals surface area contributed by atoms with Crippen LogP contribution in [0.1, 0.15) is 22.6 Å². The number of benzene rings is 3. The first-order chi connectivity index (χ1) is 13.1. The van der Waals surface area contributed by atoms with Crippen LogP contribution >= 0.6 is 0 Å². The Bertz CT molecular complexity index is 999. The molecule has 0 amide bonds. The van der Waals surface area contributed by atoms with Crippen molar-refractivity contribution in [2.24, 2.45) is 0 Å². The SMILES string of the molecule is CN(CCc1ccccc1)S(=O)(=O)CC1c2ccccc2-c2ccccc21. The van der Waals surface area contributed by atoms with E-state index < -0.39 is 10.0 Å². The van der Waals surface area contributed by atoms with Crippen LogP contribution in [0.4, 0.5) is 0 Å². The molecule has 0 saturated heterocycles. The Morgan fingerprint density at radius 1 is 0.778 bits per heavy atom. The van der Waals surface area contributed by atoms with Crippen molar-refractivity contribution in [1.29, 1.82) is 0 Å². The normalized spacial score (nSPS) is 13.6. The molecule has 4 heteroatoms. The van der Waals surface area contributed by atoms with Crippen LogP contribution in [0.15, 0.2) is 78.9 Å². The highest BCUT2D eigenvalue weighted by Gasteiger charge is 2.33. The third kappa shape index (κ3) is 3.55. The van der Waals surface area contributed by atoms with Crippen LogP contribution in [0.3, 0.4) is 0 Å². The predicted molar refractivity (Wildman–Crippen MR) is 110 cm³/mol. The molecule has 0 heterocycles.